The Morgan fingerprint density at radius 2 is 2.00 bits per heavy atom. The van der Waals surface area contributed by atoms with Gasteiger partial charge in [0.2, 0.25) is 0 Å². The molecule has 4 nitrogen and oxygen atoms in total. The van der Waals surface area contributed by atoms with Crippen molar-refractivity contribution in [2.45, 2.75) is 26.2 Å². The Bertz CT molecular complexity index is 168. The fourth-order valence-electron chi connectivity index (χ4n) is 0.596. The molecule has 0 saturated heterocycles. The second kappa shape index (κ2) is 6.15. The van der Waals surface area contributed by atoms with Gasteiger partial charge in [0.05, 0.1) is 0 Å². The van der Waals surface area contributed by atoms with E-state index in [9.17, 15) is 0 Å². The quantitative estimate of drug-likeness (QED) is 0.435. The molecule has 11 heavy (non-hydrogen) atoms. The highest BCUT2D eigenvalue weighted by Crippen LogP contribution is 2.02. The number of hydrogen-bond donors (Lipinski definition) is 2. The van der Waals surface area contributed by atoms with Crippen LogP contribution in [0.15, 0.2) is 10.3 Å². The molecule has 0 rings (SSSR count). The molecule has 5 heteroatoms. The van der Waals surface area contributed by atoms with E-state index in [-0.39, 0.29) is 4.62 Å². The molecule has 0 spiro atoms. The Balaban J connectivity index is 3.98. The van der Waals surface area contributed by atoms with Crippen LogP contribution in [0, 0.1) is 0 Å². The SMILES string of the molecule is CCCCC(=N/O)/C(Br)=N\O. The summed E-state index contributed by atoms with van der Waals surface area (Å²) in [5, 5.41) is 22.5. The van der Waals surface area contributed by atoms with Gasteiger partial charge in [-0.2, -0.15) is 0 Å². The molecule has 0 aromatic heterocycles. The van der Waals surface area contributed by atoms with Crippen molar-refractivity contribution in [2.75, 3.05) is 0 Å². The smallest absolute Gasteiger partial charge is 0.169 e. The summed E-state index contributed by atoms with van der Waals surface area (Å²) in [5.41, 5.74) is 0.370. The van der Waals surface area contributed by atoms with E-state index in [4.69, 9.17) is 10.4 Å². The Hall–Kier alpha value is -0.580. The van der Waals surface area contributed by atoms with E-state index in [0.717, 1.165) is 12.8 Å². The maximum Gasteiger partial charge on any atom is 0.169 e. The fourth-order valence-corrected chi connectivity index (χ4v) is 0.874. The third kappa shape index (κ3) is 3.98. The first-order valence-corrected chi connectivity index (χ1v) is 4.14. The summed E-state index contributed by atoms with van der Waals surface area (Å²) in [4.78, 5) is 0. The van der Waals surface area contributed by atoms with Gasteiger partial charge >= 0.3 is 0 Å². The average molecular weight is 223 g/mol. The molecule has 0 saturated carbocycles. The molecule has 0 aliphatic rings. The van der Waals surface area contributed by atoms with E-state index in [1.165, 1.54) is 0 Å². The normalized spacial score (nSPS) is 13.6. The zero-order valence-electron chi connectivity index (χ0n) is 6.29. The van der Waals surface area contributed by atoms with Crippen molar-refractivity contribution in [2.24, 2.45) is 10.3 Å². The van der Waals surface area contributed by atoms with Crippen LogP contribution in [0.5, 0.6) is 0 Å². The number of hydrogen-bond acceptors (Lipinski definition) is 4. The average Bonchev–Trinajstić information content (AvgIpc) is 2.05. The third-order valence-corrected chi connectivity index (χ3v) is 1.83. The van der Waals surface area contributed by atoms with Crippen LogP contribution >= 0.6 is 15.9 Å². The topological polar surface area (TPSA) is 65.2 Å². The predicted molar refractivity (Wildman–Crippen MR) is 46.9 cm³/mol. The van der Waals surface area contributed by atoms with Crippen LogP contribution < -0.4 is 0 Å². The first kappa shape index (κ1) is 10.4. The Labute approximate surface area is 73.7 Å². The van der Waals surface area contributed by atoms with Crippen LogP contribution in [0.4, 0.5) is 0 Å². The first-order valence-electron chi connectivity index (χ1n) is 3.35. The lowest BCUT2D eigenvalue weighted by Gasteiger charge is -1.97. The van der Waals surface area contributed by atoms with E-state index in [2.05, 4.69) is 26.2 Å². The van der Waals surface area contributed by atoms with Gasteiger partial charge in [-0.05, 0) is 28.8 Å². The van der Waals surface area contributed by atoms with Crippen molar-refractivity contribution in [3.63, 3.8) is 0 Å². The highest BCUT2D eigenvalue weighted by Gasteiger charge is 2.05. The molecular weight excluding hydrogens is 212 g/mol. The molecular formula is C6H11BrN2O2. The second-order valence-corrected chi connectivity index (χ2v) is 2.79. The lowest BCUT2D eigenvalue weighted by atomic mass is 10.2. The lowest BCUT2D eigenvalue weighted by Crippen LogP contribution is -2.07. The summed E-state index contributed by atoms with van der Waals surface area (Å²) in [6.07, 6.45) is 2.52. The highest BCUT2D eigenvalue weighted by molar-refractivity contribution is 9.19. The van der Waals surface area contributed by atoms with Crippen LogP contribution in [-0.4, -0.2) is 20.7 Å². The van der Waals surface area contributed by atoms with Crippen molar-refractivity contribution in [3.05, 3.63) is 0 Å². The van der Waals surface area contributed by atoms with Gasteiger partial charge in [-0.15, -0.1) is 0 Å². The number of oxime groups is 2. The molecule has 0 unspecified atom stereocenters. The van der Waals surface area contributed by atoms with Crippen molar-refractivity contribution >= 4 is 26.3 Å². The Kier molecular flexibility index (Phi) is 5.83. The Morgan fingerprint density at radius 3 is 2.36 bits per heavy atom. The van der Waals surface area contributed by atoms with Gasteiger partial charge in [0.15, 0.2) is 4.62 Å². The summed E-state index contributed by atoms with van der Waals surface area (Å²) < 4.78 is 0.188. The van der Waals surface area contributed by atoms with Crippen molar-refractivity contribution in [1.82, 2.24) is 0 Å². The largest absolute Gasteiger partial charge is 0.411 e. The van der Waals surface area contributed by atoms with Gasteiger partial charge in [0.1, 0.15) is 5.71 Å². The van der Waals surface area contributed by atoms with Crippen LogP contribution in [0.2, 0.25) is 0 Å². The van der Waals surface area contributed by atoms with Crippen LogP contribution in [0.25, 0.3) is 0 Å². The molecule has 0 bridgehead atoms. The maximum absolute atomic E-state index is 8.42. The van der Waals surface area contributed by atoms with E-state index < -0.39 is 0 Å². The molecule has 0 aliphatic heterocycles. The fraction of sp³-hybridized carbons (Fsp3) is 0.667. The lowest BCUT2D eigenvalue weighted by molar-refractivity contribution is 0.314. The Morgan fingerprint density at radius 1 is 1.36 bits per heavy atom. The molecule has 0 heterocycles. The molecule has 0 aliphatic carbocycles. The number of unbranched alkanes of at least 4 members (excludes halogenated alkanes) is 1. The van der Waals surface area contributed by atoms with Gasteiger partial charge in [0.25, 0.3) is 0 Å². The van der Waals surface area contributed by atoms with Gasteiger partial charge in [0, 0.05) is 0 Å². The van der Waals surface area contributed by atoms with E-state index >= 15 is 0 Å². The minimum atomic E-state index is 0.188. The van der Waals surface area contributed by atoms with Gasteiger partial charge in [-0.3, -0.25) is 0 Å². The van der Waals surface area contributed by atoms with E-state index in [1.54, 1.807) is 0 Å². The zero-order chi connectivity index (χ0) is 8.69. The summed E-state index contributed by atoms with van der Waals surface area (Å²) >= 11 is 2.94. The number of nitrogens with zero attached hydrogens (tertiary/aromatic N) is 2. The number of halogens is 1. The monoisotopic (exact) mass is 222 g/mol. The van der Waals surface area contributed by atoms with Crippen LogP contribution in [-0.2, 0) is 0 Å². The highest BCUT2D eigenvalue weighted by atomic mass is 79.9. The summed E-state index contributed by atoms with van der Waals surface area (Å²) in [6.45, 7) is 2.03. The third-order valence-electron chi connectivity index (χ3n) is 1.21. The van der Waals surface area contributed by atoms with Crippen molar-refractivity contribution in [3.8, 4) is 0 Å². The first-order chi connectivity index (χ1) is 5.26. The molecule has 0 amide bonds. The maximum atomic E-state index is 8.42. The molecule has 0 atom stereocenters. The van der Waals surface area contributed by atoms with Crippen molar-refractivity contribution < 1.29 is 10.4 Å². The predicted octanol–water partition coefficient (Wildman–Crippen LogP) is 2.19. The molecule has 0 radical (unpaired) electrons. The molecule has 0 aromatic rings. The van der Waals surface area contributed by atoms with Gasteiger partial charge < -0.3 is 10.4 Å². The van der Waals surface area contributed by atoms with Crippen LogP contribution in [0.1, 0.15) is 26.2 Å². The minimum Gasteiger partial charge on any atom is -0.411 e. The molecule has 0 aromatic carbocycles. The van der Waals surface area contributed by atoms with Gasteiger partial charge in [-0.1, -0.05) is 23.7 Å². The molecule has 0 fully saturated rings. The number of rotatable bonds is 4. The zero-order valence-corrected chi connectivity index (χ0v) is 7.87. The second-order valence-electron chi connectivity index (χ2n) is 2.04. The van der Waals surface area contributed by atoms with Crippen molar-refractivity contribution in [1.29, 1.82) is 0 Å². The summed E-state index contributed by atoms with van der Waals surface area (Å²) in [7, 11) is 0. The minimum absolute atomic E-state index is 0.188. The summed E-state index contributed by atoms with van der Waals surface area (Å²) in [6, 6.07) is 0. The molecule has 2 N–H and O–H groups in total. The molecule has 64 valence electrons. The van der Waals surface area contributed by atoms with E-state index in [1.807, 2.05) is 6.92 Å². The van der Waals surface area contributed by atoms with E-state index in [0.29, 0.717) is 12.1 Å². The van der Waals surface area contributed by atoms with Crippen LogP contribution in [0.3, 0.4) is 0 Å². The standard InChI is InChI=1S/C6H11BrN2O2/c1-2-3-4-5(8-10)6(7)9-11/h10-11H,2-4H2,1H3/b8-5-,9-6+. The van der Waals surface area contributed by atoms with Gasteiger partial charge in [-0.25, -0.2) is 0 Å². The summed E-state index contributed by atoms with van der Waals surface area (Å²) in [5.74, 6) is 0.